The fourth-order valence-electron chi connectivity index (χ4n) is 2.77. The maximum Gasteiger partial charge on any atom is 0.356 e. The molecule has 1 amide bonds. The van der Waals surface area contributed by atoms with Gasteiger partial charge in [-0.15, -0.1) is 0 Å². The summed E-state index contributed by atoms with van der Waals surface area (Å²) in [5.74, 6) is -1.53. The largest absolute Gasteiger partial charge is 0.476 e. The van der Waals surface area contributed by atoms with Crippen LogP contribution >= 0.6 is 0 Å². The summed E-state index contributed by atoms with van der Waals surface area (Å²) in [6.45, 7) is 3.19. The van der Waals surface area contributed by atoms with E-state index < -0.39 is 5.97 Å². The molecule has 0 spiro atoms. The van der Waals surface area contributed by atoms with E-state index in [0.717, 1.165) is 38.3 Å². The lowest BCUT2D eigenvalue weighted by molar-refractivity contribution is -0.0669. The van der Waals surface area contributed by atoms with Crippen LogP contribution < -0.4 is 5.32 Å². The molecule has 7 heteroatoms. The Morgan fingerprint density at radius 3 is 2.43 bits per heavy atom. The van der Waals surface area contributed by atoms with Gasteiger partial charge in [0.15, 0.2) is 5.69 Å². The highest BCUT2D eigenvalue weighted by atomic mass is 16.5. The van der Waals surface area contributed by atoms with E-state index in [0.29, 0.717) is 13.2 Å². The Bertz CT molecular complexity index is 539. The number of carbonyl (C=O) groups is 2. The average Bonchev–Trinajstić information content (AvgIpc) is 2.59. The van der Waals surface area contributed by atoms with Crippen LogP contribution in [-0.2, 0) is 4.74 Å². The summed E-state index contributed by atoms with van der Waals surface area (Å²) in [5.41, 5.74) is -0.369. The zero-order valence-electron chi connectivity index (χ0n) is 13.4. The number of nitrogens with one attached hydrogen (secondary N) is 1. The van der Waals surface area contributed by atoms with Crippen LogP contribution in [0.25, 0.3) is 0 Å². The zero-order valence-corrected chi connectivity index (χ0v) is 13.4. The van der Waals surface area contributed by atoms with Crippen molar-refractivity contribution in [2.24, 2.45) is 0 Å². The molecule has 0 unspecified atom stereocenters. The molecule has 7 nitrogen and oxygen atoms in total. The minimum absolute atomic E-state index is 0.108. The predicted molar refractivity (Wildman–Crippen MR) is 83.4 cm³/mol. The van der Waals surface area contributed by atoms with Crippen LogP contribution in [0.1, 0.15) is 66.4 Å². The SMILES string of the molecule is CCCOC1(CNC(=O)c2cnc(C(=O)O)cn2)CCCCC1. The molecule has 2 rings (SSSR count). The van der Waals surface area contributed by atoms with E-state index in [4.69, 9.17) is 9.84 Å². The molecule has 126 valence electrons. The minimum Gasteiger partial charge on any atom is -0.476 e. The summed E-state index contributed by atoms with van der Waals surface area (Å²) in [4.78, 5) is 30.5. The highest BCUT2D eigenvalue weighted by Crippen LogP contribution is 2.31. The van der Waals surface area contributed by atoms with E-state index >= 15 is 0 Å². The molecule has 1 aliphatic carbocycles. The standard InChI is InChI=1S/C16H23N3O4/c1-2-8-23-16(6-4-3-5-7-16)11-19-14(20)12-9-18-13(10-17-12)15(21)22/h9-10H,2-8,11H2,1H3,(H,19,20)(H,21,22). The number of carboxylic acids is 1. The number of ether oxygens (including phenoxy) is 1. The lowest BCUT2D eigenvalue weighted by Crippen LogP contribution is -2.46. The summed E-state index contributed by atoms with van der Waals surface area (Å²) in [6.07, 6.45) is 8.50. The van der Waals surface area contributed by atoms with E-state index in [1.165, 1.54) is 12.6 Å². The second-order valence-corrected chi connectivity index (χ2v) is 5.87. The summed E-state index contributed by atoms with van der Waals surface area (Å²) in [5, 5.41) is 11.6. The Hall–Kier alpha value is -2.02. The second kappa shape index (κ2) is 8.01. The molecule has 0 atom stereocenters. The van der Waals surface area contributed by atoms with Crippen LogP contribution in [0, 0.1) is 0 Å². The summed E-state index contributed by atoms with van der Waals surface area (Å²) >= 11 is 0. The van der Waals surface area contributed by atoms with Crippen molar-refractivity contribution >= 4 is 11.9 Å². The number of rotatable bonds is 7. The second-order valence-electron chi connectivity index (χ2n) is 5.87. The molecule has 1 fully saturated rings. The van der Waals surface area contributed by atoms with Crippen molar-refractivity contribution in [1.29, 1.82) is 0 Å². The number of carboxylic acid groups (broad SMARTS) is 1. The van der Waals surface area contributed by atoms with Crippen molar-refractivity contribution < 1.29 is 19.4 Å². The molecule has 23 heavy (non-hydrogen) atoms. The van der Waals surface area contributed by atoms with Gasteiger partial charge in [0.05, 0.1) is 18.0 Å². The third-order valence-electron chi connectivity index (χ3n) is 4.05. The minimum atomic E-state index is -1.17. The molecule has 0 aromatic carbocycles. The Morgan fingerprint density at radius 1 is 1.22 bits per heavy atom. The number of hydrogen-bond donors (Lipinski definition) is 2. The van der Waals surface area contributed by atoms with Gasteiger partial charge in [-0.05, 0) is 19.3 Å². The topological polar surface area (TPSA) is 101 Å². The third kappa shape index (κ3) is 4.72. The van der Waals surface area contributed by atoms with Gasteiger partial charge < -0.3 is 15.2 Å². The fraction of sp³-hybridized carbons (Fsp3) is 0.625. The Balaban J connectivity index is 1.96. The molecule has 1 heterocycles. The summed E-state index contributed by atoms with van der Waals surface area (Å²) in [6, 6.07) is 0. The average molecular weight is 321 g/mol. The highest BCUT2D eigenvalue weighted by Gasteiger charge is 2.33. The monoisotopic (exact) mass is 321 g/mol. The first-order valence-electron chi connectivity index (χ1n) is 8.04. The van der Waals surface area contributed by atoms with Crippen molar-refractivity contribution in [3.8, 4) is 0 Å². The highest BCUT2D eigenvalue weighted by molar-refractivity contribution is 5.92. The number of carbonyl (C=O) groups excluding carboxylic acids is 1. The Kier molecular flexibility index (Phi) is 6.04. The summed E-state index contributed by atoms with van der Waals surface area (Å²) in [7, 11) is 0. The fourth-order valence-corrected chi connectivity index (χ4v) is 2.77. The Morgan fingerprint density at radius 2 is 1.87 bits per heavy atom. The number of nitrogens with zero attached hydrogens (tertiary/aromatic N) is 2. The zero-order chi connectivity index (χ0) is 16.7. The first-order valence-corrected chi connectivity index (χ1v) is 8.04. The van der Waals surface area contributed by atoms with Gasteiger partial charge >= 0.3 is 5.97 Å². The van der Waals surface area contributed by atoms with Crippen LogP contribution in [-0.4, -0.2) is 45.7 Å². The smallest absolute Gasteiger partial charge is 0.356 e. The first-order chi connectivity index (χ1) is 11.1. The molecule has 1 aromatic rings. The van der Waals surface area contributed by atoms with Gasteiger partial charge in [-0.25, -0.2) is 14.8 Å². The quantitative estimate of drug-likeness (QED) is 0.797. The van der Waals surface area contributed by atoms with Crippen molar-refractivity contribution in [3.05, 3.63) is 23.8 Å². The molecule has 1 aromatic heterocycles. The molecule has 1 saturated carbocycles. The molecule has 1 aliphatic rings. The lowest BCUT2D eigenvalue weighted by atomic mass is 9.84. The molecule has 0 radical (unpaired) electrons. The Labute approximate surface area is 135 Å². The van der Waals surface area contributed by atoms with Crippen LogP contribution in [0.3, 0.4) is 0 Å². The van der Waals surface area contributed by atoms with E-state index in [2.05, 4.69) is 22.2 Å². The van der Waals surface area contributed by atoms with Crippen molar-refractivity contribution in [3.63, 3.8) is 0 Å². The molecule has 0 saturated heterocycles. The van der Waals surface area contributed by atoms with E-state index in [9.17, 15) is 9.59 Å². The molecular weight excluding hydrogens is 298 g/mol. The number of aromatic nitrogens is 2. The van der Waals surface area contributed by atoms with Gasteiger partial charge in [0.2, 0.25) is 0 Å². The van der Waals surface area contributed by atoms with Crippen molar-refractivity contribution in [2.75, 3.05) is 13.2 Å². The van der Waals surface area contributed by atoms with Gasteiger partial charge in [-0.1, -0.05) is 26.2 Å². The van der Waals surface area contributed by atoms with Crippen LogP contribution in [0.5, 0.6) is 0 Å². The normalized spacial score (nSPS) is 16.7. The summed E-state index contributed by atoms with van der Waals surface area (Å²) < 4.78 is 6.03. The predicted octanol–water partition coefficient (Wildman–Crippen LogP) is 2.03. The number of aromatic carboxylic acids is 1. The number of amides is 1. The van der Waals surface area contributed by atoms with Gasteiger partial charge in [0, 0.05) is 13.2 Å². The van der Waals surface area contributed by atoms with Crippen molar-refractivity contribution in [1.82, 2.24) is 15.3 Å². The van der Waals surface area contributed by atoms with Crippen LogP contribution in [0.15, 0.2) is 12.4 Å². The number of hydrogen-bond acceptors (Lipinski definition) is 5. The van der Waals surface area contributed by atoms with Crippen LogP contribution in [0.2, 0.25) is 0 Å². The maximum absolute atomic E-state index is 12.2. The third-order valence-corrected chi connectivity index (χ3v) is 4.05. The van der Waals surface area contributed by atoms with Gasteiger partial charge in [-0.3, -0.25) is 4.79 Å². The van der Waals surface area contributed by atoms with Gasteiger partial charge in [-0.2, -0.15) is 0 Å². The van der Waals surface area contributed by atoms with Crippen LogP contribution in [0.4, 0.5) is 0 Å². The van der Waals surface area contributed by atoms with E-state index in [1.807, 2.05) is 0 Å². The van der Waals surface area contributed by atoms with E-state index in [-0.39, 0.29) is 22.9 Å². The first kappa shape index (κ1) is 17.3. The molecule has 2 N–H and O–H groups in total. The maximum atomic E-state index is 12.2. The molecule has 0 bridgehead atoms. The van der Waals surface area contributed by atoms with E-state index in [1.54, 1.807) is 0 Å². The van der Waals surface area contributed by atoms with Gasteiger partial charge in [0.25, 0.3) is 5.91 Å². The molecular formula is C16H23N3O4. The lowest BCUT2D eigenvalue weighted by Gasteiger charge is -2.37. The molecule has 0 aliphatic heterocycles. The van der Waals surface area contributed by atoms with Gasteiger partial charge in [0.1, 0.15) is 5.69 Å². The van der Waals surface area contributed by atoms with Crippen molar-refractivity contribution in [2.45, 2.75) is 51.0 Å².